The first-order valence-electron chi connectivity index (χ1n) is 7.72. The van der Waals surface area contributed by atoms with Crippen LogP contribution in [0.25, 0.3) is 0 Å². The van der Waals surface area contributed by atoms with Crippen molar-refractivity contribution in [2.45, 2.75) is 30.3 Å². The van der Waals surface area contributed by atoms with Gasteiger partial charge in [-0.3, -0.25) is 9.36 Å². The Balaban J connectivity index is 1.78. The van der Waals surface area contributed by atoms with Gasteiger partial charge in [-0.25, -0.2) is 4.39 Å². The van der Waals surface area contributed by atoms with Crippen LogP contribution in [0.1, 0.15) is 23.6 Å². The summed E-state index contributed by atoms with van der Waals surface area (Å²) in [5.74, 6) is 1.33. The molecule has 1 amide bonds. The highest BCUT2D eigenvalue weighted by Gasteiger charge is 2.15. The van der Waals surface area contributed by atoms with Gasteiger partial charge in [-0.15, -0.1) is 10.2 Å². The lowest BCUT2D eigenvalue weighted by atomic mass is 10.2. The second kappa shape index (κ2) is 7.98. The molecular formula is C17H17FN4O2S. The molecule has 1 aromatic carbocycles. The minimum Gasteiger partial charge on any atom is -0.467 e. The summed E-state index contributed by atoms with van der Waals surface area (Å²) >= 11 is 1.45. The molecule has 0 spiro atoms. The third-order valence-electron chi connectivity index (χ3n) is 3.54. The summed E-state index contributed by atoms with van der Waals surface area (Å²) in [6.45, 7) is 0.458. The van der Waals surface area contributed by atoms with Crippen molar-refractivity contribution in [1.29, 1.82) is 0 Å². The molecule has 8 heteroatoms. The summed E-state index contributed by atoms with van der Waals surface area (Å²) in [5, 5.41) is 9.05. The summed E-state index contributed by atoms with van der Waals surface area (Å²) in [6.07, 6.45) is 2.21. The van der Waals surface area contributed by atoms with E-state index in [4.69, 9.17) is 10.2 Å². The van der Waals surface area contributed by atoms with E-state index in [1.165, 1.54) is 23.9 Å². The summed E-state index contributed by atoms with van der Waals surface area (Å²) in [6, 6.07) is 10.1. The van der Waals surface area contributed by atoms with Crippen LogP contribution >= 0.6 is 11.8 Å². The van der Waals surface area contributed by atoms with Crippen molar-refractivity contribution in [3.63, 3.8) is 0 Å². The molecule has 0 saturated heterocycles. The second-order valence-corrected chi connectivity index (χ2v) is 6.39. The first-order chi connectivity index (χ1) is 12.1. The van der Waals surface area contributed by atoms with Gasteiger partial charge in [0.25, 0.3) is 0 Å². The van der Waals surface area contributed by atoms with Crippen LogP contribution in [0.2, 0.25) is 0 Å². The molecule has 0 fully saturated rings. The Morgan fingerprint density at radius 2 is 2.16 bits per heavy atom. The molecule has 2 heterocycles. The summed E-state index contributed by atoms with van der Waals surface area (Å²) in [5.41, 5.74) is 6.08. The number of aryl methyl sites for hydroxylation is 1. The van der Waals surface area contributed by atoms with Crippen LogP contribution in [-0.2, 0) is 23.5 Å². The number of hydrogen-bond donors (Lipinski definition) is 1. The zero-order chi connectivity index (χ0) is 17.6. The highest BCUT2D eigenvalue weighted by Crippen LogP contribution is 2.24. The van der Waals surface area contributed by atoms with Crippen molar-refractivity contribution in [2.24, 2.45) is 5.73 Å². The Kier molecular flexibility index (Phi) is 5.49. The quantitative estimate of drug-likeness (QED) is 0.624. The minimum atomic E-state index is -0.387. The van der Waals surface area contributed by atoms with Crippen LogP contribution in [0.4, 0.5) is 4.39 Å². The van der Waals surface area contributed by atoms with Gasteiger partial charge in [-0.2, -0.15) is 0 Å². The number of primary amides is 1. The molecule has 2 N–H and O–H groups in total. The van der Waals surface area contributed by atoms with Gasteiger partial charge in [0.15, 0.2) is 5.16 Å². The third kappa shape index (κ3) is 4.69. The normalized spacial score (nSPS) is 10.9. The molecule has 25 heavy (non-hydrogen) atoms. The number of rotatable bonds is 8. The van der Waals surface area contributed by atoms with Crippen molar-refractivity contribution >= 4 is 17.7 Å². The maximum atomic E-state index is 13.3. The molecule has 0 radical (unpaired) electrons. The number of amides is 1. The Labute approximate surface area is 148 Å². The molecule has 0 aliphatic rings. The van der Waals surface area contributed by atoms with Crippen molar-refractivity contribution in [1.82, 2.24) is 14.8 Å². The van der Waals surface area contributed by atoms with Crippen LogP contribution in [0.3, 0.4) is 0 Å². The average molecular weight is 360 g/mol. The first kappa shape index (κ1) is 17.2. The molecule has 3 rings (SSSR count). The molecule has 2 aromatic heterocycles. The number of halogens is 1. The Bertz CT molecular complexity index is 848. The molecule has 0 unspecified atom stereocenters. The molecular weight excluding hydrogens is 343 g/mol. The number of nitrogens with two attached hydrogens (primary N) is 1. The van der Waals surface area contributed by atoms with Gasteiger partial charge < -0.3 is 10.2 Å². The van der Waals surface area contributed by atoms with E-state index >= 15 is 0 Å². The molecule has 3 aromatic rings. The number of thioether (sulfide) groups is 1. The number of hydrogen-bond acceptors (Lipinski definition) is 5. The largest absolute Gasteiger partial charge is 0.467 e. The van der Waals surface area contributed by atoms with Crippen LogP contribution < -0.4 is 5.73 Å². The number of furan rings is 1. The second-order valence-electron chi connectivity index (χ2n) is 5.45. The average Bonchev–Trinajstić information content (AvgIpc) is 3.22. The van der Waals surface area contributed by atoms with Crippen molar-refractivity contribution in [3.8, 4) is 0 Å². The van der Waals surface area contributed by atoms with Crippen LogP contribution in [0.15, 0.2) is 52.2 Å². The lowest BCUT2D eigenvalue weighted by Crippen LogP contribution is -2.14. The predicted octanol–water partition coefficient (Wildman–Crippen LogP) is 2.77. The number of aromatic nitrogens is 3. The molecule has 0 aliphatic carbocycles. The Hall–Kier alpha value is -2.61. The van der Waals surface area contributed by atoms with E-state index in [0.29, 0.717) is 29.7 Å². The van der Waals surface area contributed by atoms with Gasteiger partial charge >= 0.3 is 0 Å². The number of nitrogens with zero attached hydrogens (tertiary/aromatic N) is 3. The van der Waals surface area contributed by atoms with E-state index in [1.54, 1.807) is 12.3 Å². The van der Waals surface area contributed by atoms with Gasteiger partial charge in [-0.1, -0.05) is 23.9 Å². The van der Waals surface area contributed by atoms with Gasteiger partial charge in [-0.05, 0) is 29.8 Å². The molecule has 6 nitrogen and oxygen atoms in total. The van der Waals surface area contributed by atoms with E-state index in [1.807, 2.05) is 22.8 Å². The Morgan fingerprint density at radius 3 is 2.88 bits per heavy atom. The van der Waals surface area contributed by atoms with Gasteiger partial charge in [0, 0.05) is 18.6 Å². The highest BCUT2D eigenvalue weighted by molar-refractivity contribution is 7.98. The molecule has 0 atom stereocenters. The molecule has 0 aliphatic heterocycles. The maximum absolute atomic E-state index is 13.3. The topological polar surface area (TPSA) is 86.9 Å². The molecule has 0 saturated carbocycles. The van der Waals surface area contributed by atoms with Gasteiger partial charge in [0.2, 0.25) is 5.91 Å². The van der Waals surface area contributed by atoms with E-state index in [2.05, 4.69) is 10.2 Å². The smallest absolute Gasteiger partial charge is 0.217 e. The lowest BCUT2D eigenvalue weighted by molar-refractivity contribution is -0.118. The number of carbonyl (C=O) groups is 1. The van der Waals surface area contributed by atoms with Gasteiger partial charge in [0.05, 0.1) is 12.8 Å². The summed E-state index contributed by atoms with van der Waals surface area (Å²) in [7, 11) is 0. The van der Waals surface area contributed by atoms with E-state index in [-0.39, 0.29) is 18.1 Å². The zero-order valence-electron chi connectivity index (χ0n) is 13.4. The van der Waals surface area contributed by atoms with E-state index in [9.17, 15) is 9.18 Å². The third-order valence-corrected chi connectivity index (χ3v) is 4.58. The fourth-order valence-electron chi connectivity index (χ4n) is 2.34. The predicted molar refractivity (Wildman–Crippen MR) is 91.3 cm³/mol. The SMILES string of the molecule is NC(=O)CCc1nnc(SCc2cccc(F)c2)n1Cc1ccco1. The summed E-state index contributed by atoms with van der Waals surface area (Å²) < 4.78 is 20.6. The fourth-order valence-corrected chi connectivity index (χ4v) is 3.24. The maximum Gasteiger partial charge on any atom is 0.217 e. The molecule has 130 valence electrons. The van der Waals surface area contributed by atoms with Crippen molar-refractivity contribution in [3.05, 3.63) is 65.6 Å². The van der Waals surface area contributed by atoms with Crippen LogP contribution in [0.5, 0.6) is 0 Å². The highest BCUT2D eigenvalue weighted by atomic mass is 32.2. The minimum absolute atomic E-state index is 0.199. The lowest BCUT2D eigenvalue weighted by Gasteiger charge is -2.08. The van der Waals surface area contributed by atoms with Crippen molar-refractivity contribution in [2.75, 3.05) is 0 Å². The fraction of sp³-hybridized carbons (Fsp3) is 0.235. The van der Waals surface area contributed by atoms with E-state index in [0.717, 1.165) is 11.3 Å². The monoisotopic (exact) mass is 360 g/mol. The first-order valence-corrected chi connectivity index (χ1v) is 8.70. The van der Waals surface area contributed by atoms with Crippen LogP contribution in [0, 0.1) is 5.82 Å². The van der Waals surface area contributed by atoms with Crippen molar-refractivity contribution < 1.29 is 13.6 Å². The zero-order valence-corrected chi connectivity index (χ0v) is 14.2. The van der Waals surface area contributed by atoms with Crippen LogP contribution in [-0.4, -0.2) is 20.7 Å². The van der Waals surface area contributed by atoms with Gasteiger partial charge in [0.1, 0.15) is 17.4 Å². The van der Waals surface area contributed by atoms with E-state index < -0.39 is 0 Å². The summed E-state index contributed by atoms with van der Waals surface area (Å²) in [4.78, 5) is 11.1. The standard InChI is InChI=1S/C17H17FN4O2S/c18-13-4-1-3-12(9-13)11-25-17-21-20-16(7-6-15(19)23)22(17)10-14-5-2-8-24-14/h1-5,8-9H,6-7,10-11H2,(H2,19,23). The number of benzene rings is 1. The molecule has 0 bridgehead atoms. The number of carbonyl (C=O) groups excluding carboxylic acids is 1. The Morgan fingerprint density at radius 1 is 1.28 bits per heavy atom.